The topological polar surface area (TPSA) is 51.9 Å². The van der Waals surface area contributed by atoms with E-state index in [-0.39, 0.29) is 0 Å². The molecule has 1 aliphatic rings. The van der Waals surface area contributed by atoms with E-state index in [1.807, 2.05) is 18.2 Å². The maximum Gasteiger partial charge on any atom is 0.0918 e. The van der Waals surface area contributed by atoms with E-state index in [4.69, 9.17) is 11.6 Å². The molecule has 0 amide bonds. The van der Waals surface area contributed by atoms with Crippen LogP contribution in [-0.4, -0.2) is 24.1 Å². The predicted molar refractivity (Wildman–Crippen MR) is 88.3 cm³/mol. The number of halogens is 1. The number of hydrogen-bond donors (Lipinski definition) is 4. The van der Waals surface area contributed by atoms with Gasteiger partial charge in [0, 0.05) is 34.2 Å². The molecule has 4 N–H and O–H groups in total. The highest BCUT2D eigenvalue weighted by Gasteiger charge is 2.12. The van der Waals surface area contributed by atoms with Crippen LogP contribution in [0.2, 0.25) is 5.02 Å². The van der Waals surface area contributed by atoms with Gasteiger partial charge in [-0.3, -0.25) is 0 Å². The molecule has 2 heterocycles. The molecule has 1 aliphatic heterocycles. The summed E-state index contributed by atoms with van der Waals surface area (Å²) < 4.78 is 0. The number of hydrogen-bond acceptors (Lipinski definition) is 3. The number of benzene rings is 1. The lowest BCUT2D eigenvalue weighted by Gasteiger charge is -2.26. The van der Waals surface area contributed by atoms with Crippen molar-refractivity contribution >= 4 is 22.5 Å². The zero-order valence-electron chi connectivity index (χ0n) is 12.0. The number of fused-ring (bicyclic) bond motifs is 1. The molecule has 1 saturated heterocycles. The van der Waals surface area contributed by atoms with Crippen molar-refractivity contribution in [2.45, 2.75) is 25.4 Å². The number of aromatic nitrogens is 1. The first-order valence-electron chi connectivity index (χ1n) is 7.38. The highest BCUT2D eigenvalue weighted by molar-refractivity contribution is 6.31. The molecule has 1 fully saturated rings. The molecular weight excluding hydrogens is 284 g/mol. The third-order valence-corrected chi connectivity index (χ3v) is 4.04. The Bertz CT molecular complexity index is 628. The van der Waals surface area contributed by atoms with Crippen LogP contribution in [0.3, 0.4) is 0 Å². The van der Waals surface area contributed by atoms with Gasteiger partial charge in [0.1, 0.15) is 0 Å². The van der Waals surface area contributed by atoms with E-state index in [0.29, 0.717) is 6.04 Å². The number of H-pyrrole nitrogens is 1. The Morgan fingerprint density at radius 2 is 2.29 bits per heavy atom. The molecule has 5 heteroatoms. The normalized spacial score (nSPS) is 18.6. The van der Waals surface area contributed by atoms with Gasteiger partial charge in [0.25, 0.3) is 0 Å². The Labute approximate surface area is 129 Å². The van der Waals surface area contributed by atoms with Crippen molar-refractivity contribution in [3.05, 3.63) is 47.4 Å². The number of rotatable bonds is 5. The standard InChI is InChI=1S/C16H21ClN4/c1-11(20-14-3-2-6-18-9-14)19-10-15-8-12-7-13(17)4-5-16(12)21-15/h4-5,7-8,14,18-21H,1-3,6,9-10H2. The van der Waals surface area contributed by atoms with Crippen LogP contribution in [0.5, 0.6) is 0 Å². The zero-order valence-corrected chi connectivity index (χ0v) is 12.8. The van der Waals surface area contributed by atoms with Crippen LogP contribution in [0.1, 0.15) is 18.5 Å². The Hall–Kier alpha value is -1.65. The fraction of sp³-hybridized carbons (Fsp3) is 0.375. The van der Waals surface area contributed by atoms with Gasteiger partial charge < -0.3 is 20.9 Å². The van der Waals surface area contributed by atoms with Crippen molar-refractivity contribution in [2.24, 2.45) is 0 Å². The second kappa shape index (κ2) is 6.41. The summed E-state index contributed by atoms with van der Waals surface area (Å²) in [6.45, 7) is 6.89. The summed E-state index contributed by atoms with van der Waals surface area (Å²) in [5, 5.41) is 12.0. The molecule has 3 rings (SSSR count). The molecule has 21 heavy (non-hydrogen) atoms. The van der Waals surface area contributed by atoms with Gasteiger partial charge in [0.15, 0.2) is 0 Å². The summed E-state index contributed by atoms with van der Waals surface area (Å²) in [5.74, 6) is 0.875. The first kappa shape index (κ1) is 14.3. The summed E-state index contributed by atoms with van der Waals surface area (Å²) in [6.07, 6.45) is 2.41. The monoisotopic (exact) mass is 304 g/mol. The van der Waals surface area contributed by atoms with Crippen LogP contribution < -0.4 is 16.0 Å². The zero-order chi connectivity index (χ0) is 14.7. The number of nitrogens with one attached hydrogen (secondary N) is 4. The summed E-state index contributed by atoms with van der Waals surface area (Å²) in [7, 11) is 0. The van der Waals surface area contributed by atoms with E-state index in [2.05, 4.69) is 33.6 Å². The molecule has 0 spiro atoms. The van der Waals surface area contributed by atoms with Gasteiger partial charge in [-0.2, -0.15) is 0 Å². The quantitative estimate of drug-likeness (QED) is 0.687. The third-order valence-electron chi connectivity index (χ3n) is 3.81. The Balaban J connectivity index is 1.54. The SMILES string of the molecule is C=C(NCc1cc2cc(Cl)ccc2[nH]1)NC1CCCNC1. The molecule has 0 radical (unpaired) electrons. The van der Waals surface area contributed by atoms with Gasteiger partial charge in [-0.25, -0.2) is 0 Å². The molecule has 1 atom stereocenters. The molecule has 0 aliphatic carbocycles. The molecule has 4 nitrogen and oxygen atoms in total. The minimum Gasteiger partial charge on any atom is -0.368 e. The molecule has 1 unspecified atom stereocenters. The largest absolute Gasteiger partial charge is 0.368 e. The maximum absolute atomic E-state index is 6.00. The average molecular weight is 305 g/mol. The van der Waals surface area contributed by atoms with Gasteiger partial charge in [-0.15, -0.1) is 0 Å². The summed E-state index contributed by atoms with van der Waals surface area (Å²) in [5.41, 5.74) is 2.23. The van der Waals surface area contributed by atoms with Crippen molar-refractivity contribution in [1.82, 2.24) is 20.9 Å². The molecule has 0 bridgehead atoms. The van der Waals surface area contributed by atoms with Crippen molar-refractivity contribution < 1.29 is 0 Å². The van der Waals surface area contributed by atoms with Crippen LogP contribution in [0.15, 0.2) is 36.7 Å². The van der Waals surface area contributed by atoms with Crippen LogP contribution in [0.4, 0.5) is 0 Å². The van der Waals surface area contributed by atoms with Crippen molar-refractivity contribution in [1.29, 1.82) is 0 Å². The van der Waals surface area contributed by atoms with Crippen molar-refractivity contribution in [2.75, 3.05) is 13.1 Å². The predicted octanol–water partition coefficient (Wildman–Crippen LogP) is 2.72. The number of piperidine rings is 1. The fourth-order valence-corrected chi connectivity index (χ4v) is 2.91. The van der Waals surface area contributed by atoms with E-state index in [0.717, 1.165) is 47.1 Å². The molecule has 2 aromatic rings. The lowest BCUT2D eigenvalue weighted by molar-refractivity contribution is 0.405. The minimum atomic E-state index is 0.472. The first-order chi connectivity index (χ1) is 10.2. The van der Waals surface area contributed by atoms with Crippen molar-refractivity contribution in [3.63, 3.8) is 0 Å². The smallest absolute Gasteiger partial charge is 0.0918 e. The van der Waals surface area contributed by atoms with Crippen molar-refractivity contribution in [3.8, 4) is 0 Å². The van der Waals surface area contributed by atoms with E-state index in [1.165, 1.54) is 12.8 Å². The van der Waals surface area contributed by atoms with Gasteiger partial charge in [-0.1, -0.05) is 18.2 Å². The maximum atomic E-state index is 6.00. The fourth-order valence-electron chi connectivity index (χ4n) is 2.73. The van der Waals surface area contributed by atoms with Crippen LogP contribution in [0.25, 0.3) is 10.9 Å². The van der Waals surface area contributed by atoms with Gasteiger partial charge in [0.2, 0.25) is 0 Å². The summed E-state index contributed by atoms with van der Waals surface area (Å²) in [6, 6.07) is 8.46. The lowest BCUT2D eigenvalue weighted by atomic mass is 10.1. The highest BCUT2D eigenvalue weighted by atomic mass is 35.5. The highest BCUT2D eigenvalue weighted by Crippen LogP contribution is 2.20. The van der Waals surface area contributed by atoms with E-state index in [1.54, 1.807) is 0 Å². The van der Waals surface area contributed by atoms with Gasteiger partial charge in [-0.05, 0) is 43.7 Å². The van der Waals surface area contributed by atoms with E-state index < -0.39 is 0 Å². The van der Waals surface area contributed by atoms with Crippen LogP contribution in [0, 0.1) is 0 Å². The second-order valence-corrected chi connectivity index (χ2v) is 5.98. The number of aromatic amines is 1. The molecule has 1 aromatic heterocycles. The Morgan fingerprint density at radius 3 is 3.10 bits per heavy atom. The minimum absolute atomic E-state index is 0.472. The second-order valence-electron chi connectivity index (χ2n) is 5.55. The average Bonchev–Trinajstić information content (AvgIpc) is 2.88. The molecule has 0 saturated carbocycles. The summed E-state index contributed by atoms with van der Waals surface area (Å²) in [4.78, 5) is 3.38. The van der Waals surface area contributed by atoms with Gasteiger partial charge >= 0.3 is 0 Å². The Kier molecular flexibility index (Phi) is 4.36. The van der Waals surface area contributed by atoms with Crippen LogP contribution >= 0.6 is 11.6 Å². The lowest BCUT2D eigenvalue weighted by Crippen LogP contribution is -2.44. The van der Waals surface area contributed by atoms with Crippen LogP contribution in [-0.2, 0) is 6.54 Å². The van der Waals surface area contributed by atoms with E-state index >= 15 is 0 Å². The Morgan fingerprint density at radius 1 is 1.38 bits per heavy atom. The molecular formula is C16H21ClN4. The summed E-state index contributed by atoms with van der Waals surface area (Å²) >= 11 is 6.00. The van der Waals surface area contributed by atoms with E-state index in [9.17, 15) is 0 Å². The van der Waals surface area contributed by atoms with Gasteiger partial charge in [0.05, 0.1) is 12.4 Å². The molecule has 1 aromatic carbocycles. The first-order valence-corrected chi connectivity index (χ1v) is 7.76. The third kappa shape index (κ3) is 3.71. The molecule has 112 valence electrons.